The number of thiophene rings is 1. The van der Waals surface area contributed by atoms with Crippen molar-refractivity contribution in [2.75, 3.05) is 5.73 Å². The summed E-state index contributed by atoms with van der Waals surface area (Å²) in [5, 5.41) is 13.8. The molecule has 0 aromatic carbocycles. The maximum Gasteiger partial charge on any atom is 0.108 e. The van der Waals surface area contributed by atoms with Gasteiger partial charge < -0.3 is 10.8 Å². The number of pyridine rings is 1. The van der Waals surface area contributed by atoms with Crippen LogP contribution in [0, 0.1) is 0 Å². The van der Waals surface area contributed by atoms with Gasteiger partial charge >= 0.3 is 0 Å². The van der Waals surface area contributed by atoms with Gasteiger partial charge in [-0.25, -0.2) is 0 Å². The molecule has 2 aromatic heterocycles. The van der Waals surface area contributed by atoms with Gasteiger partial charge in [0.1, 0.15) is 6.10 Å². The fourth-order valence-corrected chi connectivity index (χ4v) is 1.93. The third kappa shape index (κ3) is 1.62. The summed E-state index contributed by atoms with van der Waals surface area (Å²) in [6, 6.07) is 3.56. The molecule has 0 aliphatic heterocycles. The Morgan fingerprint density at radius 1 is 1.43 bits per heavy atom. The van der Waals surface area contributed by atoms with Crippen molar-refractivity contribution < 1.29 is 5.11 Å². The van der Waals surface area contributed by atoms with Crippen LogP contribution >= 0.6 is 11.3 Å². The molecule has 2 rings (SSSR count). The summed E-state index contributed by atoms with van der Waals surface area (Å²) in [4.78, 5) is 3.94. The number of nitrogens with zero attached hydrogens (tertiary/aromatic N) is 1. The Bertz CT molecular complexity index is 414. The van der Waals surface area contributed by atoms with Crippen molar-refractivity contribution in [3.05, 3.63) is 46.4 Å². The van der Waals surface area contributed by atoms with Gasteiger partial charge in [0, 0.05) is 23.6 Å². The number of aromatic nitrogens is 1. The molecule has 4 heteroatoms. The van der Waals surface area contributed by atoms with Crippen LogP contribution in [0.2, 0.25) is 0 Å². The lowest BCUT2D eigenvalue weighted by atomic mass is 10.1. The van der Waals surface area contributed by atoms with E-state index in [0.717, 1.165) is 5.56 Å². The fraction of sp³-hybridized carbons (Fsp3) is 0.100. The largest absolute Gasteiger partial charge is 0.398 e. The van der Waals surface area contributed by atoms with Gasteiger partial charge in [-0.3, -0.25) is 4.98 Å². The zero-order valence-corrected chi connectivity index (χ0v) is 8.24. The monoisotopic (exact) mass is 206 g/mol. The lowest BCUT2D eigenvalue weighted by Crippen LogP contribution is -2.03. The molecule has 2 aromatic rings. The van der Waals surface area contributed by atoms with Crippen molar-refractivity contribution in [3.63, 3.8) is 0 Å². The summed E-state index contributed by atoms with van der Waals surface area (Å²) < 4.78 is 0. The maximum atomic E-state index is 9.95. The Labute approximate surface area is 85.8 Å². The first kappa shape index (κ1) is 9.18. The highest BCUT2D eigenvalue weighted by molar-refractivity contribution is 7.07. The molecule has 0 saturated heterocycles. The molecule has 2 heterocycles. The van der Waals surface area contributed by atoms with E-state index in [1.54, 1.807) is 29.8 Å². The van der Waals surface area contributed by atoms with E-state index in [4.69, 9.17) is 5.73 Å². The minimum Gasteiger partial charge on any atom is -0.398 e. The average molecular weight is 206 g/mol. The molecule has 0 saturated carbocycles. The predicted molar refractivity (Wildman–Crippen MR) is 57.0 cm³/mol. The molecular weight excluding hydrogens is 196 g/mol. The van der Waals surface area contributed by atoms with Crippen molar-refractivity contribution in [2.45, 2.75) is 6.10 Å². The number of aliphatic hydroxyl groups is 1. The molecular formula is C10H10N2OS. The Morgan fingerprint density at radius 2 is 2.29 bits per heavy atom. The summed E-state index contributed by atoms with van der Waals surface area (Å²) in [5.74, 6) is 0. The van der Waals surface area contributed by atoms with Gasteiger partial charge in [-0.2, -0.15) is 11.3 Å². The molecule has 0 aliphatic carbocycles. The van der Waals surface area contributed by atoms with Crippen molar-refractivity contribution in [1.29, 1.82) is 0 Å². The molecule has 3 N–H and O–H groups in total. The van der Waals surface area contributed by atoms with Gasteiger partial charge in [0.2, 0.25) is 0 Å². The van der Waals surface area contributed by atoms with Gasteiger partial charge in [-0.1, -0.05) is 0 Å². The van der Waals surface area contributed by atoms with E-state index in [9.17, 15) is 5.11 Å². The van der Waals surface area contributed by atoms with Crippen LogP contribution < -0.4 is 5.73 Å². The maximum absolute atomic E-state index is 9.95. The van der Waals surface area contributed by atoms with Crippen LogP contribution in [0.3, 0.4) is 0 Å². The number of aliphatic hydroxyl groups excluding tert-OH is 1. The van der Waals surface area contributed by atoms with Crippen LogP contribution in [0.4, 0.5) is 5.69 Å². The highest BCUT2D eigenvalue weighted by Gasteiger charge is 2.13. The molecule has 0 bridgehead atoms. The summed E-state index contributed by atoms with van der Waals surface area (Å²) >= 11 is 1.55. The molecule has 1 atom stereocenters. The number of nitrogens with two attached hydrogens (primary N) is 1. The van der Waals surface area contributed by atoms with Gasteiger partial charge in [-0.15, -0.1) is 0 Å². The first-order chi connectivity index (χ1) is 6.79. The Hall–Kier alpha value is -1.39. The zero-order chi connectivity index (χ0) is 9.97. The van der Waals surface area contributed by atoms with E-state index >= 15 is 0 Å². The molecule has 0 fully saturated rings. The number of nitrogen functional groups attached to an aromatic ring is 1. The Kier molecular flexibility index (Phi) is 2.47. The van der Waals surface area contributed by atoms with Gasteiger partial charge in [0.25, 0.3) is 0 Å². The van der Waals surface area contributed by atoms with E-state index < -0.39 is 6.10 Å². The van der Waals surface area contributed by atoms with Crippen molar-refractivity contribution in [2.24, 2.45) is 0 Å². The second-order valence-electron chi connectivity index (χ2n) is 2.96. The summed E-state index contributed by atoms with van der Waals surface area (Å²) in [7, 11) is 0. The van der Waals surface area contributed by atoms with Gasteiger partial charge in [0.15, 0.2) is 0 Å². The standard InChI is InChI=1S/C10H10N2OS/c11-9-1-3-12-5-8(9)10(13)7-2-4-14-6-7/h1-6,10,13H,(H2,11,12). The Morgan fingerprint density at radius 3 is 2.93 bits per heavy atom. The highest BCUT2D eigenvalue weighted by atomic mass is 32.1. The number of anilines is 1. The molecule has 0 radical (unpaired) electrons. The average Bonchev–Trinajstić information content (AvgIpc) is 2.70. The summed E-state index contributed by atoms with van der Waals surface area (Å²) in [6.45, 7) is 0. The van der Waals surface area contributed by atoms with E-state index in [-0.39, 0.29) is 0 Å². The lowest BCUT2D eigenvalue weighted by molar-refractivity contribution is 0.221. The molecule has 1 unspecified atom stereocenters. The Balaban J connectivity index is 2.37. The minimum absolute atomic E-state index is 0.568. The quantitative estimate of drug-likeness (QED) is 0.787. The number of rotatable bonds is 2. The van der Waals surface area contributed by atoms with E-state index in [2.05, 4.69) is 4.98 Å². The van der Waals surface area contributed by atoms with Crippen molar-refractivity contribution in [3.8, 4) is 0 Å². The van der Waals surface area contributed by atoms with E-state index in [1.165, 1.54) is 0 Å². The molecule has 3 nitrogen and oxygen atoms in total. The summed E-state index contributed by atoms with van der Waals surface area (Å²) in [5.41, 5.74) is 7.81. The SMILES string of the molecule is Nc1ccncc1C(O)c1ccsc1. The molecule has 0 spiro atoms. The first-order valence-corrected chi connectivity index (χ1v) is 5.13. The van der Waals surface area contributed by atoms with Crippen LogP contribution in [0.15, 0.2) is 35.3 Å². The fourth-order valence-electron chi connectivity index (χ4n) is 1.26. The van der Waals surface area contributed by atoms with E-state index in [0.29, 0.717) is 11.3 Å². The summed E-state index contributed by atoms with van der Waals surface area (Å²) in [6.07, 6.45) is 2.53. The third-order valence-corrected chi connectivity index (χ3v) is 2.74. The number of hydrogen-bond donors (Lipinski definition) is 2. The first-order valence-electron chi connectivity index (χ1n) is 4.18. The second kappa shape index (κ2) is 3.77. The van der Waals surface area contributed by atoms with Crippen LogP contribution in [-0.4, -0.2) is 10.1 Å². The minimum atomic E-state index is -0.671. The van der Waals surface area contributed by atoms with Crippen LogP contribution in [0.1, 0.15) is 17.2 Å². The molecule has 0 amide bonds. The molecule has 72 valence electrons. The normalized spacial score (nSPS) is 12.6. The topological polar surface area (TPSA) is 59.1 Å². The lowest BCUT2D eigenvalue weighted by Gasteiger charge is -2.10. The zero-order valence-electron chi connectivity index (χ0n) is 7.42. The van der Waals surface area contributed by atoms with Crippen LogP contribution in [0.5, 0.6) is 0 Å². The third-order valence-electron chi connectivity index (χ3n) is 2.04. The van der Waals surface area contributed by atoms with Crippen molar-refractivity contribution >= 4 is 17.0 Å². The van der Waals surface area contributed by atoms with Crippen LogP contribution in [0.25, 0.3) is 0 Å². The van der Waals surface area contributed by atoms with E-state index in [1.807, 2.05) is 16.8 Å². The highest BCUT2D eigenvalue weighted by Crippen LogP contribution is 2.26. The predicted octanol–water partition coefficient (Wildman–Crippen LogP) is 1.81. The molecule has 14 heavy (non-hydrogen) atoms. The molecule has 0 aliphatic rings. The smallest absolute Gasteiger partial charge is 0.108 e. The van der Waals surface area contributed by atoms with Crippen LogP contribution in [-0.2, 0) is 0 Å². The van der Waals surface area contributed by atoms with Gasteiger partial charge in [0.05, 0.1) is 0 Å². The number of hydrogen-bond acceptors (Lipinski definition) is 4. The second-order valence-corrected chi connectivity index (χ2v) is 3.74. The van der Waals surface area contributed by atoms with Gasteiger partial charge in [-0.05, 0) is 28.5 Å². The van der Waals surface area contributed by atoms with Crippen molar-refractivity contribution in [1.82, 2.24) is 4.98 Å².